The van der Waals surface area contributed by atoms with Gasteiger partial charge in [-0.3, -0.25) is 4.79 Å². The molecule has 1 aliphatic rings. The lowest BCUT2D eigenvalue weighted by atomic mass is 9.96. The predicted molar refractivity (Wildman–Crippen MR) is 125 cm³/mol. The minimum absolute atomic E-state index is 0.00596. The van der Waals surface area contributed by atoms with Crippen molar-refractivity contribution in [2.24, 2.45) is 17.8 Å². The quantitative estimate of drug-likeness (QED) is 0.171. The lowest BCUT2D eigenvalue weighted by Crippen LogP contribution is -2.19. The molecule has 202 valence electrons. The Labute approximate surface area is 227 Å². The first-order valence-corrected chi connectivity index (χ1v) is 12.1. The van der Waals surface area contributed by atoms with Crippen LogP contribution in [0.4, 0.5) is 39.5 Å². The Hall–Kier alpha value is -1.43. The number of Topliss-reactive ketones (excluding diaryl/α,β-unsaturated/α-hetero) is 1. The summed E-state index contributed by atoms with van der Waals surface area (Å²) in [5, 5.41) is -0.488. The molecule has 2 aromatic rings. The van der Waals surface area contributed by atoms with E-state index in [0.717, 1.165) is 30.4 Å². The van der Waals surface area contributed by atoms with Gasteiger partial charge in [-0.15, -0.1) is 0 Å². The maximum atomic E-state index is 13.7. The molecule has 0 radical (unpaired) electrons. The van der Waals surface area contributed by atoms with Crippen molar-refractivity contribution in [2.75, 3.05) is 0 Å². The van der Waals surface area contributed by atoms with Gasteiger partial charge >= 0.3 is 18.5 Å². The SMILES string of the molecule is O=C(CC1C(C(F)(F)F)C1C(F)(F)F)c1ccc(/C=C/C(c2cc(Cl)c(Cl)c(Cl)c2)C(F)(F)F)cc1Br. The van der Waals surface area contributed by atoms with E-state index in [9.17, 15) is 44.3 Å². The molecule has 0 bridgehead atoms. The van der Waals surface area contributed by atoms with Crippen LogP contribution < -0.4 is 0 Å². The molecule has 1 nitrogen and oxygen atoms in total. The van der Waals surface area contributed by atoms with Gasteiger partial charge in [0.1, 0.15) is 0 Å². The second-order valence-corrected chi connectivity index (χ2v) is 10.4. The number of carbonyl (C=O) groups excluding carboxylic acids is 1. The summed E-state index contributed by atoms with van der Waals surface area (Å²) in [6, 6.07) is 5.55. The molecule has 0 saturated heterocycles. The maximum absolute atomic E-state index is 13.7. The number of benzene rings is 2. The zero-order valence-corrected chi connectivity index (χ0v) is 21.7. The molecule has 2 aromatic carbocycles. The van der Waals surface area contributed by atoms with Gasteiger partial charge in [-0.1, -0.05) is 69.0 Å². The van der Waals surface area contributed by atoms with Crippen LogP contribution in [0.5, 0.6) is 0 Å². The molecule has 0 amide bonds. The van der Waals surface area contributed by atoms with Gasteiger partial charge in [-0.25, -0.2) is 0 Å². The molecule has 0 heterocycles. The number of hydrogen-bond acceptors (Lipinski definition) is 1. The average molecular weight is 663 g/mol. The summed E-state index contributed by atoms with van der Waals surface area (Å²) >= 11 is 20.5. The number of hydrogen-bond donors (Lipinski definition) is 0. The first kappa shape index (κ1) is 30.1. The largest absolute Gasteiger partial charge is 0.399 e. The molecule has 3 unspecified atom stereocenters. The normalized spacial score (nSPS) is 21.4. The lowest BCUT2D eigenvalue weighted by Gasteiger charge is -2.18. The average Bonchev–Trinajstić information content (AvgIpc) is 3.46. The van der Waals surface area contributed by atoms with Crippen molar-refractivity contribution in [1.29, 1.82) is 0 Å². The van der Waals surface area contributed by atoms with Gasteiger partial charge in [-0.05, 0) is 41.3 Å². The Morgan fingerprint density at radius 1 is 0.892 bits per heavy atom. The zero-order valence-electron chi connectivity index (χ0n) is 17.9. The van der Waals surface area contributed by atoms with Crippen molar-refractivity contribution in [2.45, 2.75) is 30.9 Å². The van der Waals surface area contributed by atoms with Crippen LogP contribution in [0.1, 0.15) is 33.8 Å². The third-order valence-corrected chi connectivity index (χ3v) is 7.69. The Balaban J connectivity index is 1.81. The minimum Gasteiger partial charge on any atom is -0.294 e. The monoisotopic (exact) mass is 660 g/mol. The number of halogens is 13. The topological polar surface area (TPSA) is 17.1 Å². The lowest BCUT2D eigenvalue weighted by molar-refractivity contribution is -0.191. The molecule has 1 saturated carbocycles. The van der Waals surface area contributed by atoms with Crippen molar-refractivity contribution in [3.63, 3.8) is 0 Å². The van der Waals surface area contributed by atoms with Crippen molar-refractivity contribution in [1.82, 2.24) is 0 Å². The predicted octanol–water partition coefficient (Wildman–Crippen LogP) is 10.3. The zero-order chi connectivity index (χ0) is 28.1. The first-order valence-electron chi connectivity index (χ1n) is 10.2. The van der Waals surface area contributed by atoms with Gasteiger partial charge < -0.3 is 0 Å². The van der Waals surface area contributed by atoms with Crippen LogP contribution in [0, 0.1) is 17.8 Å². The van der Waals surface area contributed by atoms with Crippen LogP contribution in [0.3, 0.4) is 0 Å². The van der Waals surface area contributed by atoms with E-state index < -0.39 is 54.4 Å². The number of carbonyl (C=O) groups is 1. The van der Waals surface area contributed by atoms with E-state index in [0.29, 0.717) is 0 Å². The Morgan fingerprint density at radius 2 is 1.41 bits per heavy atom. The highest BCUT2D eigenvalue weighted by Gasteiger charge is 2.73. The van der Waals surface area contributed by atoms with Crippen LogP contribution in [0.15, 0.2) is 40.9 Å². The van der Waals surface area contributed by atoms with E-state index in [1.807, 2.05) is 0 Å². The highest BCUT2D eigenvalue weighted by atomic mass is 79.9. The van der Waals surface area contributed by atoms with E-state index in [4.69, 9.17) is 34.8 Å². The fourth-order valence-corrected chi connectivity index (χ4v) is 5.31. The number of alkyl halides is 9. The van der Waals surface area contributed by atoms with Gasteiger partial charge in [0.05, 0.1) is 32.8 Å². The molecule has 1 aliphatic carbocycles. The van der Waals surface area contributed by atoms with Gasteiger partial charge in [0.2, 0.25) is 0 Å². The smallest absolute Gasteiger partial charge is 0.294 e. The molecule has 0 spiro atoms. The molecule has 0 N–H and O–H groups in total. The minimum atomic E-state index is -5.11. The van der Waals surface area contributed by atoms with Crippen LogP contribution in [0.2, 0.25) is 15.1 Å². The summed E-state index contributed by atoms with van der Waals surface area (Å²) in [7, 11) is 0. The van der Waals surface area contributed by atoms with Gasteiger partial charge in [0, 0.05) is 16.5 Å². The Bertz CT molecular complexity index is 1180. The summed E-state index contributed by atoms with van der Waals surface area (Å²) < 4.78 is 119. The molecule has 14 heteroatoms. The number of rotatable bonds is 6. The fourth-order valence-electron chi connectivity index (χ4n) is 4.08. The summed E-state index contributed by atoms with van der Waals surface area (Å²) in [6.07, 6.45) is -14.1. The van der Waals surface area contributed by atoms with Crippen molar-refractivity contribution < 1.29 is 44.3 Å². The molecule has 3 rings (SSSR count). The first-order chi connectivity index (χ1) is 16.8. The Kier molecular flexibility index (Phi) is 8.64. The van der Waals surface area contributed by atoms with E-state index in [1.54, 1.807) is 0 Å². The molecule has 1 fully saturated rings. The van der Waals surface area contributed by atoms with Gasteiger partial charge in [0.25, 0.3) is 0 Å². The van der Waals surface area contributed by atoms with Gasteiger partial charge in [0.15, 0.2) is 5.78 Å². The molecule has 0 aromatic heterocycles. The summed E-state index contributed by atoms with van der Waals surface area (Å²) in [5.74, 6) is -10.4. The van der Waals surface area contributed by atoms with E-state index in [2.05, 4.69) is 15.9 Å². The third kappa shape index (κ3) is 6.96. The molecule has 37 heavy (non-hydrogen) atoms. The number of ketones is 1. The van der Waals surface area contributed by atoms with Crippen molar-refractivity contribution in [3.05, 3.63) is 72.6 Å². The molecular formula is C23H13BrCl3F9O. The summed E-state index contributed by atoms with van der Waals surface area (Å²) in [6.45, 7) is 0. The number of allylic oxidation sites excluding steroid dienone is 1. The van der Waals surface area contributed by atoms with Crippen LogP contribution in [-0.2, 0) is 0 Å². The highest BCUT2D eigenvalue weighted by molar-refractivity contribution is 9.10. The van der Waals surface area contributed by atoms with Crippen LogP contribution in [-0.4, -0.2) is 24.3 Å². The molecule has 0 aliphatic heterocycles. The molecule has 3 atom stereocenters. The second-order valence-electron chi connectivity index (χ2n) is 8.34. The standard InChI is InChI=1S/C23H13BrCl3F9O/c24-14-5-9(2-4-13(21(28,29)30)10-6-15(25)20(27)16(26)7-10)1-3-11(14)17(37)8-12-18(22(31,32)33)19(12)23(34,35)36/h1-7,12-13,18-19H,8H2/b4-2+. The van der Waals surface area contributed by atoms with E-state index in [-0.39, 0.29) is 36.2 Å². The fraction of sp³-hybridized carbons (Fsp3) is 0.348. The van der Waals surface area contributed by atoms with Crippen molar-refractivity contribution in [3.8, 4) is 0 Å². The van der Waals surface area contributed by atoms with Crippen LogP contribution in [0.25, 0.3) is 6.08 Å². The Morgan fingerprint density at radius 3 is 1.84 bits per heavy atom. The third-order valence-electron chi connectivity index (χ3n) is 5.84. The van der Waals surface area contributed by atoms with Crippen molar-refractivity contribution >= 4 is 62.6 Å². The maximum Gasteiger partial charge on any atom is 0.399 e. The highest BCUT2D eigenvalue weighted by Crippen LogP contribution is 2.63. The van der Waals surface area contributed by atoms with E-state index >= 15 is 0 Å². The van der Waals surface area contributed by atoms with E-state index in [1.165, 1.54) is 12.1 Å². The molecular weight excluding hydrogens is 649 g/mol. The summed E-state index contributed by atoms with van der Waals surface area (Å²) in [5.41, 5.74) is -0.331. The summed E-state index contributed by atoms with van der Waals surface area (Å²) in [4.78, 5) is 12.5. The van der Waals surface area contributed by atoms with Crippen LogP contribution >= 0.6 is 50.7 Å². The van der Waals surface area contributed by atoms with Gasteiger partial charge in [-0.2, -0.15) is 39.5 Å². The second kappa shape index (κ2) is 10.6.